The van der Waals surface area contributed by atoms with Crippen LogP contribution in [0.15, 0.2) is 48.1 Å². The number of benzene rings is 1. The fourth-order valence-corrected chi connectivity index (χ4v) is 5.69. The van der Waals surface area contributed by atoms with E-state index in [-0.39, 0.29) is 30.0 Å². The van der Waals surface area contributed by atoms with E-state index in [1.165, 1.54) is 0 Å². The van der Waals surface area contributed by atoms with E-state index >= 15 is 0 Å². The predicted molar refractivity (Wildman–Crippen MR) is 140 cm³/mol. The summed E-state index contributed by atoms with van der Waals surface area (Å²) in [6, 6.07) is 13.3. The van der Waals surface area contributed by atoms with Gasteiger partial charge in [-0.1, -0.05) is 17.9 Å². The summed E-state index contributed by atoms with van der Waals surface area (Å²) in [6.45, 7) is 2.11. The van der Waals surface area contributed by atoms with Crippen LogP contribution in [-0.4, -0.2) is 26.6 Å². The maximum absolute atomic E-state index is 14.2. The Hall–Kier alpha value is -4.01. The van der Waals surface area contributed by atoms with Crippen molar-refractivity contribution in [2.75, 3.05) is 0 Å². The highest BCUT2D eigenvalue weighted by atomic mass is 32.1. The maximum Gasteiger partial charge on any atom is 0.270 e. The van der Waals surface area contributed by atoms with Gasteiger partial charge in [-0.05, 0) is 66.4 Å². The second-order valence-electron chi connectivity index (χ2n) is 9.90. The quantitative estimate of drug-likeness (QED) is 0.372. The number of thiophene rings is 1. The lowest BCUT2D eigenvalue weighted by Gasteiger charge is -2.19. The molecule has 1 aliphatic heterocycles. The van der Waals surface area contributed by atoms with E-state index in [0.717, 1.165) is 34.2 Å². The van der Waals surface area contributed by atoms with Gasteiger partial charge in [0.1, 0.15) is 11.9 Å². The molecule has 37 heavy (non-hydrogen) atoms. The Labute approximate surface area is 218 Å². The molecule has 6 rings (SSSR count). The zero-order valence-corrected chi connectivity index (χ0v) is 21.1. The van der Waals surface area contributed by atoms with Crippen molar-refractivity contribution in [1.82, 2.24) is 19.9 Å². The van der Waals surface area contributed by atoms with Crippen LogP contribution in [0.1, 0.15) is 64.0 Å². The summed E-state index contributed by atoms with van der Waals surface area (Å²) in [6.07, 6.45) is 3.24. The lowest BCUT2D eigenvalue weighted by Crippen LogP contribution is -2.31. The largest absolute Gasteiger partial charge is 0.338 e. The third-order valence-corrected chi connectivity index (χ3v) is 7.97. The number of pyridine rings is 1. The number of nitrogens with zero attached hydrogens (tertiary/aromatic N) is 4. The number of hydrogen-bond donors (Lipinski definition) is 1. The average molecular weight is 510 g/mol. The van der Waals surface area contributed by atoms with Gasteiger partial charge in [0.05, 0.1) is 37.1 Å². The van der Waals surface area contributed by atoms with Crippen molar-refractivity contribution in [2.45, 2.75) is 51.4 Å². The van der Waals surface area contributed by atoms with Crippen LogP contribution in [0.25, 0.3) is 10.1 Å². The second-order valence-corrected chi connectivity index (χ2v) is 10.8. The Morgan fingerprint density at radius 2 is 2.19 bits per heavy atom. The molecule has 1 N–H and O–H groups in total. The van der Waals surface area contributed by atoms with Gasteiger partial charge >= 0.3 is 0 Å². The van der Waals surface area contributed by atoms with Crippen LogP contribution in [0.2, 0.25) is 0 Å². The SMILES string of the molecule is Cc1cc(C#CC2(CC#N)CC2)cc(C(=O)NC(c2ccc3sccc3c2)c2ncn3c2C[C@@H](F)C3)n1. The lowest BCUT2D eigenvalue weighted by atomic mass is 9.99. The van der Waals surface area contributed by atoms with Gasteiger partial charge in [0, 0.05) is 33.5 Å². The second kappa shape index (κ2) is 9.14. The maximum atomic E-state index is 14.2. The van der Waals surface area contributed by atoms with Crippen LogP contribution in [0.4, 0.5) is 4.39 Å². The molecule has 0 spiro atoms. The summed E-state index contributed by atoms with van der Waals surface area (Å²) in [5.41, 5.74) is 3.76. The minimum absolute atomic E-state index is 0.213. The number of aryl methyl sites for hydroxylation is 1. The first kappa shape index (κ1) is 23.4. The van der Waals surface area contributed by atoms with Crippen molar-refractivity contribution in [3.63, 3.8) is 0 Å². The van der Waals surface area contributed by atoms with Crippen LogP contribution >= 0.6 is 11.3 Å². The molecular formula is C29H24FN5OS. The molecule has 1 aromatic carbocycles. The van der Waals surface area contributed by atoms with Gasteiger partial charge in [-0.15, -0.1) is 11.3 Å². The van der Waals surface area contributed by atoms with Crippen LogP contribution in [0.5, 0.6) is 0 Å². The van der Waals surface area contributed by atoms with Gasteiger partial charge in [0.15, 0.2) is 0 Å². The first-order valence-electron chi connectivity index (χ1n) is 12.3. The number of imidazole rings is 1. The number of carbonyl (C=O) groups is 1. The number of aromatic nitrogens is 3. The molecule has 184 valence electrons. The Balaban J connectivity index is 1.34. The van der Waals surface area contributed by atoms with Gasteiger partial charge in [-0.3, -0.25) is 4.79 Å². The van der Waals surface area contributed by atoms with Gasteiger partial charge in [0.2, 0.25) is 0 Å². The van der Waals surface area contributed by atoms with E-state index < -0.39 is 12.2 Å². The molecule has 0 radical (unpaired) electrons. The Kier molecular flexibility index (Phi) is 5.78. The molecule has 0 bridgehead atoms. The van der Waals surface area contributed by atoms with E-state index in [2.05, 4.69) is 39.3 Å². The van der Waals surface area contributed by atoms with Crippen molar-refractivity contribution < 1.29 is 9.18 Å². The van der Waals surface area contributed by atoms with Crippen LogP contribution in [0.3, 0.4) is 0 Å². The van der Waals surface area contributed by atoms with E-state index in [0.29, 0.717) is 23.4 Å². The first-order chi connectivity index (χ1) is 17.9. The highest BCUT2D eigenvalue weighted by Crippen LogP contribution is 2.47. The number of nitrogens with one attached hydrogen (secondary N) is 1. The molecule has 2 atom stereocenters. The lowest BCUT2D eigenvalue weighted by molar-refractivity contribution is 0.0937. The number of amides is 1. The summed E-state index contributed by atoms with van der Waals surface area (Å²) in [4.78, 5) is 22.6. The van der Waals surface area contributed by atoms with E-state index in [1.807, 2.05) is 41.1 Å². The Bertz CT molecular complexity index is 1630. The normalized spacial score (nSPS) is 17.9. The highest BCUT2D eigenvalue weighted by molar-refractivity contribution is 7.17. The molecule has 6 nitrogen and oxygen atoms in total. The molecule has 1 aliphatic carbocycles. The van der Waals surface area contributed by atoms with Crippen LogP contribution < -0.4 is 5.32 Å². The minimum Gasteiger partial charge on any atom is -0.338 e. The van der Waals surface area contributed by atoms with Crippen LogP contribution in [0, 0.1) is 35.5 Å². The van der Waals surface area contributed by atoms with Crippen molar-refractivity contribution in [1.29, 1.82) is 5.26 Å². The van der Waals surface area contributed by atoms with Crippen molar-refractivity contribution in [3.05, 3.63) is 82.0 Å². The number of nitriles is 1. The molecule has 1 unspecified atom stereocenters. The summed E-state index contributed by atoms with van der Waals surface area (Å²) < 4.78 is 17.2. The molecule has 4 heterocycles. The zero-order valence-electron chi connectivity index (χ0n) is 20.3. The number of alkyl halides is 1. The van der Waals surface area contributed by atoms with Crippen molar-refractivity contribution in [2.24, 2.45) is 5.41 Å². The van der Waals surface area contributed by atoms with Crippen LogP contribution in [-0.2, 0) is 13.0 Å². The average Bonchev–Trinajstić information content (AvgIpc) is 3.17. The molecule has 2 aliphatic rings. The molecule has 1 fully saturated rings. The molecule has 1 amide bonds. The number of halogens is 1. The summed E-state index contributed by atoms with van der Waals surface area (Å²) >= 11 is 1.66. The minimum atomic E-state index is -0.956. The molecule has 1 saturated carbocycles. The zero-order chi connectivity index (χ0) is 25.6. The molecule has 4 aromatic rings. The molecule has 0 saturated heterocycles. The smallest absolute Gasteiger partial charge is 0.270 e. The Morgan fingerprint density at radius 3 is 3.00 bits per heavy atom. The number of rotatable bonds is 5. The number of fused-ring (bicyclic) bond motifs is 2. The first-order valence-corrected chi connectivity index (χ1v) is 13.2. The molecular weight excluding hydrogens is 485 g/mol. The topological polar surface area (TPSA) is 83.6 Å². The van der Waals surface area contributed by atoms with Gasteiger partial charge in [-0.25, -0.2) is 14.4 Å². The van der Waals surface area contributed by atoms with Gasteiger partial charge in [0.25, 0.3) is 5.91 Å². The number of carbonyl (C=O) groups excluding carboxylic acids is 1. The van der Waals surface area contributed by atoms with Gasteiger partial charge < -0.3 is 9.88 Å². The molecule has 8 heteroatoms. The van der Waals surface area contributed by atoms with E-state index in [4.69, 9.17) is 5.26 Å². The number of hydrogen-bond acceptors (Lipinski definition) is 5. The highest BCUT2D eigenvalue weighted by Gasteiger charge is 2.40. The van der Waals surface area contributed by atoms with Crippen molar-refractivity contribution >= 4 is 27.3 Å². The predicted octanol–water partition coefficient (Wildman–Crippen LogP) is 5.26. The summed E-state index contributed by atoms with van der Waals surface area (Å²) in [5, 5.41) is 15.3. The molecule has 3 aromatic heterocycles. The monoisotopic (exact) mass is 509 g/mol. The standard InChI is InChI=1S/C29H24FN5OS/c1-18-12-19(4-6-29(7-8-29)9-10-31)13-23(33-18)28(36)34-26(21-2-3-25-20(14-21)5-11-37-25)27-24-15-22(30)16-35(24)17-32-27/h2-3,5,11-14,17,22,26H,7-9,15-16H2,1H3,(H,34,36)/t22-,26?/m1/s1. The fraction of sp³-hybridized carbons (Fsp3) is 0.310. The van der Waals surface area contributed by atoms with Gasteiger partial charge in [-0.2, -0.15) is 5.26 Å². The van der Waals surface area contributed by atoms with E-state index in [1.54, 1.807) is 23.7 Å². The summed E-state index contributed by atoms with van der Waals surface area (Å²) in [5.74, 6) is 6.05. The van der Waals surface area contributed by atoms with Crippen molar-refractivity contribution in [3.8, 4) is 17.9 Å². The fourth-order valence-electron chi connectivity index (χ4n) is 4.92. The Morgan fingerprint density at radius 1 is 1.32 bits per heavy atom. The third-order valence-electron chi connectivity index (χ3n) is 7.08. The summed E-state index contributed by atoms with van der Waals surface area (Å²) in [7, 11) is 0. The van der Waals surface area contributed by atoms with E-state index in [9.17, 15) is 9.18 Å². The third kappa shape index (κ3) is 4.61.